The number of carbonyl (C=O) groups excluding carboxylic acids is 2. The van der Waals surface area contributed by atoms with E-state index >= 15 is 0 Å². The van der Waals surface area contributed by atoms with Crippen LogP contribution in [0.15, 0.2) is 48.8 Å². The van der Waals surface area contributed by atoms with Gasteiger partial charge in [-0.05, 0) is 50.7 Å². The maximum Gasteiger partial charge on any atom is 0.257 e. The maximum atomic E-state index is 13.0. The lowest BCUT2D eigenvalue weighted by Crippen LogP contribution is -2.30. The summed E-state index contributed by atoms with van der Waals surface area (Å²) in [6.07, 6.45) is 12.8. The molecule has 4 heterocycles. The molecule has 1 fully saturated rings. The Morgan fingerprint density at radius 1 is 1.18 bits per heavy atom. The minimum Gasteiger partial charge on any atom is -0.382 e. The van der Waals surface area contributed by atoms with Gasteiger partial charge in [0.2, 0.25) is 5.91 Å². The number of hydrogen-bond donors (Lipinski definition) is 2. The van der Waals surface area contributed by atoms with Crippen LogP contribution in [-0.4, -0.2) is 56.3 Å². The number of aromatic nitrogens is 4. The van der Waals surface area contributed by atoms with Crippen molar-refractivity contribution in [2.75, 3.05) is 31.3 Å². The number of amides is 2. The molecule has 3 aromatic heterocycles. The van der Waals surface area contributed by atoms with Crippen molar-refractivity contribution in [3.63, 3.8) is 0 Å². The SMILES string of the molecule is COC/C=C/C(=O)N1CCCC1c1nc(-c2ccc(C(=O)Nc3nc4c(s3)CCCC4)cc2)c2c(N)nccn12. The summed E-state index contributed by atoms with van der Waals surface area (Å²) in [6, 6.07) is 7.09. The second kappa shape index (κ2) is 11.2. The molecule has 3 N–H and O–H groups in total. The summed E-state index contributed by atoms with van der Waals surface area (Å²) in [5.74, 6) is 0.813. The number of nitrogens with zero attached hydrogens (tertiary/aromatic N) is 5. The molecule has 0 bridgehead atoms. The lowest BCUT2D eigenvalue weighted by molar-refractivity contribution is -0.127. The summed E-state index contributed by atoms with van der Waals surface area (Å²) >= 11 is 1.57. The van der Waals surface area contributed by atoms with Crippen molar-refractivity contribution in [2.24, 2.45) is 0 Å². The number of anilines is 2. The molecule has 1 aliphatic carbocycles. The van der Waals surface area contributed by atoms with Crippen molar-refractivity contribution in [2.45, 2.75) is 44.6 Å². The summed E-state index contributed by atoms with van der Waals surface area (Å²) in [4.78, 5) is 42.9. The highest BCUT2D eigenvalue weighted by molar-refractivity contribution is 7.15. The maximum absolute atomic E-state index is 13.0. The minimum absolute atomic E-state index is 0.0728. The molecule has 1 aliphatic heterocycles. The number of aryl methyl sites for hydroxylation is 2. The van der Waals surface area contributed by atoms with Crippen LogP contribution in [0.5, 0.6) is 0 Å². The molecule has 4 aromatic rings. The summed E-state index contributed by atoms with van der Waals surface area (Å²) in [5.41, 5.74) is 10.1. The Bertz CT molecular complexity index is 1570. The topological polar surface area (TPSA) is 128 Å². The molecule has 0 spiro atoms. The molecular weight excluding hydrogens is 526 g/mol. The molecule has 1 atom stereocenters. The molecule has 2 amide bonds. The number of rotatable bonds is 7. The fraction of sp³-hybridized carbons (Fsp3) is 0.345. The van der Waals surface area contributed by atoms with Crippen LogP contribution >= 0.6 is 11.3 Å². The zero-order chi connectivity index (χ0) is 27.6. The van der Waals surface area contributed by atoms with Gasteiger partial charge in [0.15, 0.2) is 5.13 Å². The van der Waals surface area contributed by atoms with Crippen LogP contribution in [0.2, 0.25) is 0 Å². The number of fused-ring (bicyclic) bond motifs is 2. The van der Waals surface area contributed by atoms with E-state index in [1.54, 1.807) is 48.9 Å². The molecule has 2 aliphatic rings. The lowest BCUT2D eigenvalue weighted by atomic mass is 10.0. The molecule has 11 heteroatoms. The van der Waals surface area contributed by atoms with Crippen LogP contribution in [0, 0.1) is 0 Å². The van der Waals surface area contributed by atoms with Crippen molar-refractivity contribution >= 4 is 39.6 Å². The Hall–Kier alpha value is -4.09. The van der Waals surface area contributed by atoms with Gasteiger partial charge < -0.3 is 15.4 Å². The third-order valence-electron chi connectivity index (χ3n) is 7.45. The minimum atomic E-state index is -0.198. The average Bonchev–Trinajstić information content (AvgIpc) is 3.70. The lowest BCUT2D eigenvalue weighted by Gasteiger charge is -2.22. The zero-order valence-corrected chi connectivity index (χ0v) is 23.1. The number of nitrogen functional groups attached to an aromatic ring is 1. The first-order valence-electron chi connectivity index (χ1n) is 13.5. The number of hydrogen-bond acceptors (Lipinski definition) is 8. The Labute approximate surface area is 235 Å². The molecule has 6 rings (SSSR count). The smallest absolute Gasteiger partial charge is 0.257 e. The molecule has 10 nitrogen and oxygen atoms in total. The predicted molar refractivity (Wildman–Crippen MR) is 154 cm³/mol. The summed E-state index contributed by atoms with van der Waals surface area (Å²) in [7, 11) is 1.59. The van der Waals surface area contributed by atoms with Gasteiger partial charge in [-0.1, -0.05) is 18.2 Å². The van der Waals surface area contributed by atoms with E-state index in [2.05, 4.69) is 15.3 Å². The number of carbonyl (C=O) groups is 2. The van der Waals surface area contributed by atoms with E-state index in [-0.39, 0.29) is 17.9 Å². The number of thiazole rings is 1. The second-order valence-corrected chi connectivity index (χ2v) is 11.1. The number of nitrogens with two attached hydrogens (primary N) is 1. The number of nitrogens with one attached hydrogen (secondary N) is 1. The van der Waals surface area contributed by atoms with Crippen LogP contribution in [0.4, 0.5) is 10.9 Å². The van der Waals surface area contributed by atoms with E-state index in [1.807, 2.05) is 27.6 Å². The van der Waals surface area contributed by atoms with Crippen LogP contribution < -0.4 is 11.1 Å². The largest absolute Gasteiger partial charge is 0.382 e. The van der Waals surface area contributed by atoms with Crippen molar-refractivity contribution in [3.8, 4) is 11.3 Å². The van der Waals surface area contributed by atoms with Crippen LogP contribution in [0.3, 0.4) is 0 Å². The summed E-state index contributed by atoms with van der Waals surface area (Å²) in [6.45, 7) is 1.03. The quantitative estimate of drug-likeness (QED) is 0.322. The highest BCUT2D eigenvalue weighted by Gasteiger charge is 2.33. The van der Waals surface area contributed by atoms with Gasteiger partial charge in [0, 0.05) is 48.1 Å². The third-order valence-corrected chi connectivity index (χ3v) is 8.53. The normalized spacial score (nSPS) is 17.0. The van der Waals surface area contributed by atoms with Gasteiger partial charge in [-0.3, -0.25) is 19.3 Å². The Morgan fingerprint density at radius 2 is 2.00 bits per heavy atom. The van der Waals surface area contributed by atoms with Crippen molar-refractivity contribution < 1.29 is 14.3 Å². The van der Waals surface area contributed by atoms with E-state index in [0.29, 0.717) is 40.9 Å². The van der Waals surface area contributed by atoms with Gasteiger partial charge in [-0.15, -0.1) is 11.3 Å². The Morgan fingerprint density at radius 3 is 2.80 bits per heavy atom. The van der Waals surface area contributed by atoms with Gasteiger partial charge in [0.05, 0.1) is 18.3 Å². The fourth-order valence-electron chi connectivity index (χ4n) is 5.52. The molecule has 0 saturated carbocycles. The summed E-state index contributed by atoms with van der Waals surface area (Å²) < 4.78 is 6.97. The van der Waals surface area contributed by atoms with E-state index < -0.39 is 0 Å². The zero-order valence-electron chi connectivity index (χ0n) is 22.3. The average molecular weight is 558 g/mol. The first-order chi connectivity index (χ1) is 19.5. The van der Waals surface area contributed by atoms with E-state index in [4.69, 9.17) is 15.5 Å². The molecule has 40 heavy (non-hydrogen) atoms. The first kappa shape index (κ1) is 26.1. The van der Waals surface area contributed by atoms with Gasteiger partial charge in [0.1, 0.15) is 22.9 Å². The number of methoxy groups -OCH3 is 1. The highest BCUT2D eigenvalue weighted by atomic mass is 32.1. The van der Waals surface area contributed by atoms with Crippen LogP contribution in [-0.2, 0) is 22.4 Å². The van der Waals surface area contributed by atoms with Crippen LogP contribution in [0.1, 0.15) is 58.5 Å². The van der Waals surface area contributed by atoms with Crippen molar-refractivity contribution in [3.05, 3.63) is 70.8 Å². The number of ether oxygens (including phenoxy) is 1. The molecule has 206 valence electrons. The Balaban J connectivity index is 1.28. The third kappa shape index (κ3) is 4.98. The van der Waals surface area contributed by atoms with Crippen LogP contribution in [0.25, 0.3) is 16.8 Å². The molecular formula is C29H31N7O3S. The summed E-state index contributed by atoms with van der Waals surface area (Å²) in [5, 5.41) is 3.61. The van der Waals surface area contributed by atoms with Crippen molar-refractivity contribution in [1.82, 2.24) is 24.3 Å². The van der Waals surface area contributed by atoms with Gasteiger partial charge in [-0.2, -0.15) is 0 Å². The monoisotopic (exact) mass is 557 g/mol. The second-order valence-electron chi connectivity index (χ2n) is 10.0. The molecule has 1 unspecified atom stereocenters. The molecule has 1 saturated heterocycles. The van der Waals surface area contributed by atoms with Gasteiger partial charge in [0.25, 0.3) is 5.91 Å². The highest BCUT2D eigenvalue weighted by Crippen LogP contribution is 2.37. The van der Waals surface area contributed by atoms with Gasteiger partial charge >= 0.3 is 0 Å². The standard InChI is InChI=1S/C29H31N7O3S/c1-39-17-5-9-23(37)35-15-4-7-21(35)27-33-24(25-26(30)31-14-16-36(25)27)18-10-12-19(13-11-18)28(38)34-29-32-20-6-2-3-8-22(20)40-29/h5,9-14,16,21H,2-4,6-8,15,17H2,1H3,(H2,30,31)(H,32,34,38)/b9-5+. The van der Waals surface area contributed by atoms with E-state index in [1.165, 1.54) is 11.3 Å². The first-order valence-corrected chi connectivity index (χ1v) is 14.3. The van der Waals surface area contributed by atoms with Gasteiger partial charge in [-0.25, -0.2) is 15.0 Å². The fourth-order valence-corrected chi connectivity index (χ4v) is 6.56. The predicted octanol–water partition coefficient (Wildman–Crippen LogP) is 4.43. The molecule has 1 aromatic carbocycles. The molecule has 0 radical (unpaired) electrons. The number of imidazole rings is 1. The Kier molecular flexibility index (Phi) is 7.31. The van der Waals surface area contributed by atoms with E-state index in [0.717, 1.165) is 49.2 Å². The van der Waals surface area contributed by atoms with Crippen molar-refractivity contribution in [1.29, 1.82) is 0 Å². The van der Waals surface area contributed by atoms with E-state index in [9.17, 15) is 9.59 Å². The number of benzene rings is 1. The number of likely N-dealkylation sites (tertiary alicyclic amines) is 1.